The third-order valence-corrected chi connectivity index (χ3v) is 4.35. The van der Waals surface area contributed by atoms with Gasteiger partial charge in [-0.3, -0.25) is 0 Å². The second-order valence-electron chi connectivity index (χ2n) is 4.49. The Kier molecular flexibility index (Phi) is 3.20. The van der Waals surface area contributed by atoms with E-state index in [4.69, 9.17) is 9.26 Å². The molecule has 2 aromatic rings. The van der Waals surface area contributed by atoms with Gasteiger partial charge in [0.1, 0.15) is 5.75 Å². The molecule has 6 heteroatoms. The number of nitrogens with zero attached hydrogens (tertiary/aromatic N) is 2. The Balaban J connectivity index is 1.87. The van der Waals surface area contributed by atoms with Crippen LogP contribution in [0.25, 0.3) is 11.4 Å². The second-order valence-corrected chi connectivity index (χ2v) is 5.59. The van der Waals surface area contributed by atoms with Crippen LogP contribution < -0.4 is 4.74 Å². The quantitative estimate of drug-likeness (QED) is 0.927. The molecule has 0 radical (unpaired) electrons. The van der Waals surface area contributed by atoms with Crippen molar-refractivity contribution in [1.29, 1.82) is 0 Å². The molecule has 1 aromatic heterocycles. The number of hydrogen-bond donors (Lipinski definition) is 1. The van der Waals surface area contributed by atoms with Gasteiger partial charge in [-0.1, -0.05) is 5.16 Å². The average Bonchev–Trinajstić information content (AvgIpc) is 3.08. The van der Waals surface area contributed by atoms with Crippen LogP contribution in [0.4, 0.5) is 0 Å². The lowest BCUT2D eigenvalue weighted by Crippen LogP contribution is -2.25. The molecule has 2 heterocycles. The van der Waals surface area contributed by atoms with E-state index in [0.717, 1.165) is 17.1 Å². The summed E-state index contributed by atoms with van der Waals surface area (Å²) in [5.41, 5.74) is -0.132. The van der Waals surface area contributed by atoms with Gasteiger partial charge in [-0.25, -0.2) is 0 Å². The lowest BCUT2D eigenvalue weighted by atomic mass is 10.0. The van der Waals surface area contributed by atoms with E-state index in [1.807, 2.05) is 24.3 Å². The van der Waals surface area contributed by atoms with Crippen LogP contribution in [0.15, 0.2) is 28.8 Å². The van der Waals surface area contributed by atoms with Gasteiger partial charge in [0.2, 0.25) is 5.82 Å². The van der Waals surface area contributed by atoms with E-state index in [2.05, 4.69) is 10.1 Å². The number of rotatable bonds is 3. The largest absolute Gasteiger partial charge is 0.497 e. The molecule has 5 nitrogen and oxygen atoms in total. The van der Waals surface area contributed by atoms with Crippen LogP contribution in [0.1, 0.15) is 12.3 Å². The fourth-order valence-corrected chi connectivity index (χ4v) is 3.22. The molecule has 1 aromatic carbocycles. The van der Waals surface area contributed by atoms with Crippen molar-refractivity contribution in [3.63, 3.8) is 0 Å². The molecule has 1 aliphatic heterocycles. The van der Waals surface area contributed by atoms with E-state index in [1.54, 1.807) is 18.9 Å². The lowest BCUT2D eigenvalue weighted by molar-refractivity contribution is 0.0307. The van der Waals surface area contributed by atoms with Crippen LogP contribution in [-0.4, -0.2) is 33.9 Å². The molecule has 100 valence electrons. The molecule has 0 unspecified atom stereocenters. The summed E-state index contributed by atoms with van der Waals surface area (Å²) in [7, 11) is 1.62. The molecule has 19 heavy (non-hydrogen) atoms. The highest BCUT2D eigenvalue weighted by Crippen LogP contribution is 2.36. The van der Waals surface area contributed by atoms with Gasteiger partial charge >= 0.3 is 0 Å². The summed E-state index contributed by atoms with van der Waals surface area (Å²) in [6, 6.07) is 7.40. The number of thioether (sulfide) groups is 1. The standard InChI is InChI=1S/C13H14N2O3S/c1-17-10-4-2-9(3-5-10)11-14-12(18-15-11)13(16)6-7-19-8-13/h2-5,16H,6-8H2,1H3/t13-/m1/s1. The van der Waals surface area contributed by atoms with E-state index in [1.165, 1.54) is 0 Å². The van der Waals surface area contributed by atoms with Gasteiger partial charge in [-0.2, -0.15) is 16.7 Å². The second kappa shape index (κ2) is 4.86. The maximum absolute atomic E-state index is 10.4. The predicted molar refractivity (Wildman–Crippen MR) is 72.1 cm³/mol. The van der Waals surface area contributed by atoms with Gasteiger partial charge < -0.3 is 14.4 Å². The van der Waals surface area contributed by atoms with Crippen LogP contribution >= 0.6 is 11.8 Å². The maximum atomic E-state index is 10.4. The number of methoxy groups -OCH3 is 1. The van der Waals surface area contributed by atoms with E-state index < -0.39 is 5.60 Å². The number of benzene rings is 1. The van der Waals surface area contributed by atoms with Crippen LogP contribution in [-0.2, 0) is 5.60 Å². The smallest absolute Gasteiger partial charge is 0.259 e. The zero-order chi connectivity index (χ0) is 13.3. The fraction of sp³-hybridized carbons (Fsp3) is 0.385. The molecule has 0 saturated carbocycles. The number of hydrogen-bond acceptors (Lipinski definition) is 6. The average molecular weight is 278 g/mol. The summed E-state index contributed by atoms with van der Waals surface area (Å²) < 4.78 is 10.3. The molecular formula is C13H14N2O3S. The SMILES string of the molecule is COc1ccc(-c2noc([C@@]3(O)CCSC3)n2)cc1. The van der Waals surface area contributed by atoms with Gasteiger partial charge in [0, 0.05) is 11.3 Å². The predicted octanol–water partition coefficient (Wildman–Crippen LogP) is 2.07. The first-order chi connectivity index (χ1) is 9.21. The topological polar surface area (TPSA) is 68.4 Å². The molecule has 1 aliphatic rings. The van der Waals surface area contributed by atoms with E-state index in [-0.39, 0.29) is 0 Å². The van der Waals surface area contributed by atoms with Crippen molar-refractivity contribution in [2.24, 2.45) is 0 Å². The summed E-state index contributed by atoms with van der Waals surface area (Å²) in [6.07, 6.45) is 0.655. The molecule has 0 bridgehead atoms. The van der Waals surface area contributed by atoms with E-state index >= 15 is 0 Å². The molecule has 1 atom stereocenters. The minimum absolute atomic E-state index is 0.309. The van der Waals surface area contributed by atoms with Crippen molar-refractivity contribution in [1.82, 2.24) is 10.1 Å². The molecule has 0 aliphatic carbocycles. The molecule has 3 rings (SSSR count). The van der Waals surface area contributed by atoms with Gasteiger partial charge in [0.15, 0.2) is 5.60 Å². The fourth-order valence-electron chi connectivity index (χ4n) is 1.99. The first kappa shape index (κ1) is 12.5. The Hall–Kier alpha value is -1.53. The van der Waals surface area contributed by atoms with Crippen molar-refractivity contribution >= 4 is 11.8 Å². The Morgan fingerprint density at radius 2 is 2.16 bits per heavy atom. The normalized spacial score (nSPS) is 22.6. The van der Waals surface area contributed by atoms with Crippen molar-refractivity contribution in [2.45, 2.75) is 12.0 Å². The molecule has 0 spiro atoms. The number of ether oxygens (including phenoxy) is 1. The van der Waals surface area contributed by atoms with Crippen LogP contribution in [0.2, 0.25) is 0 Å². The van der Waals surface area contributed by atoms with Crippen LogP contribution in [0.5, 0.6) is 5.75 Å². The Labute approximate surface area is 115 Å². The first-order valence-electron chi connectivity index (χ1n) is 6.00. The molecule has 1 fully saturated rings. The Morgan fingerprint density at radius 3 is 2.79 bits per heavy atom. The minimum Gasteiger partial charge on any atom is -0.497 e. The molecular weight excluding hydrogens is 264 g/mol. The zero-order valence-corrected chi connectivity index (χ0v) is 11.3. The van der Waals surface area contributed by atoms with Gasteiger partial charge in [-0.05, 0) is 36.4 Å². The summed E-state index contributed by atoms with van der Waals surface area (Å²) in [5, 5.41) is 14.3. The van der Waals surface area contributed by atoms with Crippen LogP contribution in [0, 0.1) is 0 Å². The minimum atomic E-state index is -0.970. The van der Waals surface area contributed by atoms with E-state index in [9.17, 15) is 5.11 Å². The van der Waals surface area contributed by atoms with Crippen molar-refractivity contribution in [2.75, 3.05) is 18.6 Å². The van der Waals surface area contributed by atoms with Crippen molar-refractivity contribution < 1.29 is 14.4 Å². The first-order valence-corrected chi connectivity index (χ1v) is 7.15. The third kappa shape index (κ3) is 2.33. The Morgan fingerprint density at radius 1 is 1.37 bits per heavy atom. The van der Waals surface area contributed by atoms with Gasteiger partial charge in [-0.15, -0.1) is 0 Å². The third-order valence-electron chi connectivity index (χ3n) is 3.17. The van der Waals surface area contributed by atoms with Crippen molar-refractivity contribution in [3.8, 4) is 17.1 Å². The zero-order valence-electron chi connectivity index (χ0n) is 10.5. The maximum Gasteiger partial charge on any atom is 0.259 e. The highest BCUT2D eigenvalue weighted by atomic mass is 32.2. The number of aliphatic hydroxyl groups is 1. The molecule has 1 N–H and O–H groups in total. The summed E-state index contributed by atoms with van der Waals surface area (Å²) in [5.74, 6) is 3.10. The molecule has 1 saturated heterocycles. The highest BCUT2D eigenvalue weighted by Gasteiger charge is 2.39. The highest BCUT2D eigenvalue weighted by molar-refractivity contribution is 7.99. The van der Waals surface area contributed by atoms with Gasteiger partial charge in [0.25, 0.3) is 5.89 Å². The summed E-state index contributed by atoms with van der Waals surface area (Å²) in [4.78, 5) is 4.31. The summed E-state index contributed by atoms with van der Waals surface area (Å²) >= 11 is 1.69. The van der Waals surface area contributed by atoms with Gasteiger partial charge in [0.05, 0.1) is 7.11 Å². The van der Waals surface area contributed by atoms with Crippen LogP contribution in [0.3, 0.4) is 0 Å². The Bertz CT molecular complexity index is 562. The van der Waals surface area contributed by atoms with Crippen molar-refractivity contribution in [3.05, 3.63) is 30.2 Å². The molecule has 0 amide bonds. The monoisotopic (exact) mass is 278 g/mol. The van der Waals surface area contributed by atoms with E-state index in [0.29, 0.717) is 23.9 Å². The summed E-state index contributed by atoms with van der Waals surface area (Å²) in [6.45, 7) is 0. The number of aromatic nitrogens is 2. The lowest BCUT2D eigenvalue weighted by Gasteiger charge is -2.14.